The lowest BCUT2D eigenvalue weighted by molar-refractivity contribution is -0.123. The smallest absolute Gasteiger partial charge is 0.387 e. The number of halogens is 5. The molecule has 0 saturated heterocycles. The largest absolute Gasteiger partial charge is 0.489 e. The van der Waals surface area contributed by atoms with Crippen molar-refractivity contribution in [3.63, 3.8) is 0 Å². The van der Waals surface area contributed by atoms with Crippen LogP contribution in [0.2, 0.25) is 0 Å². The number of hydrogen-bond acceptors (Lipinski definition) is 7. The van der Waals surface area contributed by atoms with Gasteiger partial charge in [0.2, 0.25) is 11.8 Å². The van der Waals surface area contributed by atoms with Gasteiger partial charge in [-0.1, -0.05) is 18.9 Å². The molecular formula is C30H33ClF4N4O5. The second-order valence-electron chi connectivity index (χ2n) is 10.9. The van der Waals surface area contributed by atoms with E-state index in [2.05, 4.69) is 20.4 Å². The molecule has 2 aliphatic carbocycles. The van der Waals surface area contributed by atoms with Gasteiger partial charge in [0.25, 0.3) is 5.91 Å². The Hall–Kier alpha value is -3.84. The van der Waals surface area contributed by atoms with E-state index >= 15 is 0 Å². The minimum Gasteiger partial charge on any atom is -0.489 e. The van der Waals surface area contributed by atoms with Gasteiger partial charge >= 0.3 is 6.61 Å². The number of hydrogen-bond donors (Lipinski definition) is 3. The van der Waals surface area contributed by atoms with Crippen LogP contribution in [0.3, 0.4) is 0 Å². The Morgan fingerprint density at radius 3 is 2.43 bits per heavy atom. The number of aromatic nitrogens is 1. The molecule has 2 amide bonds. The van der Waals surface area contributed by atoms with Crippen molar-refractivity contribution in [2.45, 2.75) is 70.2 Å². The maximum Gasteiger partial charge on any atom is 0.387 e. The van der Waals surface area contributed by atoms with Gasteiger partial charge in [-0.05, 0) is 62.8 Å². The summed E-state index contributed by atoms with van der Waals surface area (Å²) in [5, 5.41) is 5.34. The van der Waals surface area contributed by atoms with Crippen molar-refractivity contribution in [2.75, 3.05) is 6.61 Å². The van der Waals surface area contributed by atoms with Gasteiger partial charge in [-0.2, -0.15) is 8.78 Å². The fraction of sp³-hybridized carbons (Fsp3) is 0.433. The molecule has 2 aromatic carbocycles. The summed E-state index contributed by atoms with van der Waals surface area (Å²) in [4.78, 5) is 31.1. The highest BCUT2D eigenvalue weighted by Crippen LogP contribution is 2.37. The molecule has 3 aromatic rings. The van der Waals surface area contributed by atoms with E-state index in [1.807, 2.05) is 0 Å². The van der Waals surface area contributed by atoms with Crippen molar-refractivity contribution in [1.29, 1.82) is 0 Å². The van der Waals surface area contributed by atoms with Gasteiger partial charge in [0.1, 0.15) is 17.7 Å². The molecule has 0 spiro atoms. The topological polar surface area (TPSA) is 129 Å². The highest BCUT2D eigenvalue weighted by Gasteiger charge is 2.32. The Morgan fingerprint density at radius 2 is 1.80 bits per heavy atom. The average molecular weight is 641 g/mol. The number of nitrogens with one attached hydrogen (secondary N) is 2. The van der Waals surface area contributed by atoms with Gasteiger partial charge in [0.05, 0.1) is 12.6 Å². The lowest BCUT2D eigenvalue weighted by Gasteiger charge is -2.21. The van der Waals surface area contributed by atoms with Crippen LogP contribution in [0.15, 0.2) is 40.8 Å². The first-order valence-electron chi connectivity index (χ1n) is 14.1. The summed E-state index contributed by atoms with van der Waals surface area (Å²) in [6.45, 7) is -1.20. The zero-order valence-corrected chi connectivity index (χ0v) is 24.6. The van der Waals surface area contributed by atoms with E-state index in [1.54, 1.807) is 6.92 Å². The van der Waals surface area contributed by atoms with E-state index in [4.69, 9.17) is 14.9 Å². The third-order valence-electron chi connectivity index (χ3n) is 7.37. The molecule has 9 nitrogen and oxygen atoms in total. The van der Waals surface area contributed by atoms with Crippen LogP contribution in [0.4, 0.5) is 17.6 Å². The summed E-state index contributed by atoms with van der Waals surface area (Å²) < 4.78 is 70.6. The van der Waals surface area contributed by atoms with Crippen LogP contribution in [0.1, 0.15) is 79.3 Å². The second-order valence-corrected chi connectivity index (χ2v) is 10.9. The van der Waals surface area contributed by atoms with Crippen molar-refractivity contribution in [3.05, 3.63) is 65.1 Å². The van der Waals surface area contributed by atoms with Crippen LogP contribution in [0.5, 0.6) is 11.5 Å². The molecule has 4 N–H and O–H groups in total. The number of carbonyl (C=O) groups excluding carboxylic acids is 2. The lowest BCUT2D eigenvalue weighted by Crippen LogP contribution is -2.44. The summed E-state index contributed by atoms with van der Waals surface area (Å²) in [5.41, 5.74) is 5.86. The molecule has 0 bridgehead atoms. The molecule has 1 unspecified atom stereocenters. The normalized spacial score (nSPS) is 16.2. The molecule has 2 aliphatic rings. The van der Waals surface area contributed by atoms with Crippen LogP contribution < -0.4 is 25.8 Å². The fourth-order valence-electron chi connectivity index (χ4n) is 4.94. The number of alkyl halides is 2. The predicted molar refractivity (Wildman–Crippen MR) is 154 cm³/mol. The first kappa shape index (κ1) is 33.1. The molecule has 0 aliphatic heterocycles. The van der Waals surface area contributed by atoms with Gasteiger partial charge in [-0.15, -0.1) is 12.4 Å². The summed E-state index contributed by atoms with van der Waals surface area (Å²) in [5.74, 6) is -3.30. The van der Waals surface area contributed by atoms with Gasteiger partial charge in [0.15, 0.2) is 23.0 Å². The summed E-state index contributed by atoms with van der Waals surface area (Å²) in [6, 6.07) is 4.33. The quantitative estimate of drug-likeness (QED) is 0.208. The van der Waals surface area contributed by atoms with Crippen LogP contribution in [0.25, 0.3) is 11.5 Å². The summed E-state index contributed by atoms with van der Waals surface area (Å²) >= 11 is 0. The second kappa shape index (κ2) is 14.3. The van der Waals surface area contributed by atoms with E-state index in [1.165, 1.54) is 18.2 Å². The minimum absolute atomic E-state index is 0. The maximum atomic E-state index is 14.8. The van der Waals surface area contributed by atoms with Crippen molar-refractivity contribution in [2.24, 2.45) is 11.7 Å². The van der Waals surface area contributed by atoms with Gasteiger partial charge in [-0.3, -0.25) is 9.59 Å². The minimum atomic E-state index is -3.07. The van der Waals surface area contributed by atoms with Crippen molar-refractivity contribution < 1.29 is 41.0 Å². The van der Waals surface area contributed by atoms with E-state index in [0.717, 1.165) is 50.7 Å². The Labute approximate surface area is 257 Å². The number of nitrogens with two attached hydrogens (primary N) is 1. The van der Waals surface area contributed by atoms with E-state index in [-0.39, 0.29) is 58.4 Å². The summed E-state index contributed by atoms with van der Waals surface area (Å²) in [6.07, 6.45) is 5.29. The monoisotopic (exact) mass is 640 g/mol. The van der Waals surface area contributed by atoms with Crippen LogP contribution in [-0.4, -0.2) is 36.1 Å². The third-order valence-corrected chi connectivity index (χ3v) is 7.37. The van der Waals surface area contributed by atoms with E-state index in [9.17, 15) is 27.2 Å². The number of benzene rings is 2. The first-order valence-corrected chi connectivity index (χ1v) is 14.1. The molecule has 2 fully saturated rings. The van der Waals surface area contributed by atoms with Gasteiger partial charge < -0.3 is 30.3 Å². The van der Waals surface area contributed by atoms with Crippen LogP contribution >= 0.6 is 12.4 Å². The van der Waals surface area contributed by atoms with Crippen molar-refractivity contribution in [1.82, 2.24) is 15.6 Å². The Bertz CT molecular complexity index is 1480. The molecule has 2 atom stereocenters. The summed E-state index contributed by atoms with van der Waals surface area (Å²) in [7, 11) is 0. The van der Waals surface area contributed by atoms with E-state index in [0.29, 0.717) is 18.6 Å². The molecular weight excluding hydrogens is 608 g/mol. The van der Waals surface area contributed by atoms with Crippen molar-refractivity contribution >= 4 is 24.2 Å². The molecule has 14 heteroatoms. The molecule has 0 radical (unpaired) electrons. The molecule has 2 saturated carbocycles. The third kappa shape index (κ3) is 8.00. The standard InChI is InChI=1S/C30H32F4N4O5.ClH/c1-15(35)26-25(38-29(43-26)17-8-11-22(42-30(33)34)23(12-17)41-14-16-6-7-16)28(40)37-24(20-10-9-18(31)13-21(20)32)27(39)36-19-4-2-3-5-19;/h8-13,15-16,19,24,30H,2-7,14,35H2,1H3,(H,36,39)(H,37,40);1H/t15-,24?;/m0./s1. The lowest BCUT2D eigenvalue weighted by atomic mass is 10.0. The number of ether oxygens (including phenoxy) is 2. The molecule has 1 heterocycles. The highest BCUT2D eigenvalue weighted by atomic mass is 35.5. The molecule has 5 rings (SSSR count). The number of amides is 2. The number of nitrogens with zero attached hydrogens (tertiary/aromatic N) is 1. The molecule has 44 heavy (non-hydrogen) atoms. The Morgan fingerprint density at radius 1 is 1.07 bits per heavy atom. The highest BCUT2D eigenvalue weighted by molar-refractivity contribution is 5.97. The molecule has 238 valence electrons. The number of rotatable bonds is 12. The van der Waals surface area contributed by atoms with Crippen molar-refractivity contribution in [3.8, 4) is 23.0 Å². The zero-order chi connectivity index (χ0) is 30.7. The van der Waals surface area contributed by atoms with Gasteiger partial charge in [0, 0.05) is 23.2 Å². The zero-order valence-electron chi connectivity index (χ0n) is 23.8. The Kier molecular flexibility index (Phi) is 10.7. The van der Waals surface area contributed by atoms with Crippen LogP contribution in [-0.2, 0) is 4.79 Å². The number of carbonyl (C=O) groups is 2. The van der Waals surface area contributed by atoms with Gasteiger partial charge in [-0.25, -0.2) is 13.8 Å². The maximum absolute atomic E-state index is 14.8. The van der Waals surface area contributed by atoms with Crippen LogP contribution in [0, 0.1) is 17.6 Å². The van der Waals surface area contributed by atoms with E-state index < -0.39 is 42.1 Å². The fourth-order valence-corrected chi connectivity index (χ4v) is 4.94. The predicted octanol–water partition coefficient (Wildman–Crippen LogP) is 5.98. The molecule has 1 aromatic heterocycles. The number of oxazole rings is 1. The first-order chi connectivity index (χ1) is 20.6. The average Bonchev–Trinajstić information content (AvgIpc) is 3.43. The SMILES string of the molecule is C[C@H](N)c1oc(-c2ccc(OC(F)F)c(OCC3CC3)c2)nc1C(=O)NC(C(=O)NC1CCCC1)c1ccc(F)cc1F.Cl. The Balaban J connectivity index is 0.00000442.